The van der Waals surface area contributed by atoms with E-state index in [2.05, 4.69) is 11.9 Å². The van der Waals surface area contributed by atoms with Gasteiger partial charge in [0.05, 0.1) is 20.1 Å². The molecule has 1 aromatic rings. The van der Waals surface area contributed by atoms with Gasteiger partial charge in [0.2, 0.25) is 0 Å². The summed E-state index contributed by atoms with van der Waals surface area (Å²) in [5.74, 6) is 0.370. The number of carbonyl (C=O) groups is 2. The van der Waals surface area contributed by atoms with Crippen LogP contribution in [0.2, 0.25) is 0 Å². The zero-order valence-electron chi connectivity index (χ0n) is 14.3. The number of methoxy groups -OCH3 is 1. The molecular weight excluding hydrogens is 310 g/mol. The molecule has 0 saturated heterocycles. The third kappa shape index (κ3) is 7.17. The molecular formula is C18H25NO5. The van der Waals surface area contributed by atoms with Crippen molar-refractivity contribution in [3.63, 3.8) is 0 Å². The predicted molar refractivity (Wildman–Crippen MR) is 91.4 cm³/mol. The van der Waals surface area contributed by atoms with Gasteiger partial charge in [-0.1, -0.05) is 25.5 Å². The number of esters is 1. The molecule has 1 rings (SSSR count). The molecule has 0 aromatic heterocycles. The van der Waals surface area contributed by atoms with E-state index in [1.807, 2.05) is 13.0 Å². The van der Waals surface area contributed by atoms with Crippen molar-refractivity contribution in [2.45, 2.75) is 32.6 Å². The highest BCUT2D eigenvalue weighted by molar-refractivity contribution is 5.74. The minimum absolute atomic E-state index is 0.0421. The Morgan fingerprint density at radius 3 is 2.75 bits per heavy atom. The zero-order valence-corrected chi connectivity index (χ0v) is 14.3. The van der Waals surface area contributed by atoms with Crippen LogP contribution in [0.25, 0.3) is 0 Å². The van der Waals surface area contributed by atoms with Gasteiger partial charge in [0.1, 0.15) is 0 Å². The first-order valence-electron chi connectivity index (χ1n) is 7.99. The lowest BCUT2D eigenvalue weighted by Gasteiger charge is -2.11. The third-order valence-corrected chi connectivity index (χ3v) is 3.16. The van der Waals surface area contributed by atoms with Crippen molar-refractivity contribution in [2.75, 3.05) is 20.3 Å². The summed E-state index contributed by atoms with van der Waals surface area (Å²) in [6, 6.07) is 5.33. The molecule has 6 heteroatoms. The maximum atomic E-state index is 11.8. The molecule has 0 bridgehead atoms. The number of carbonyl (C=O) groups excluding carboxylic acids is 2. The maximum absolute atomic E-state index is 11.8. The molecule has 0 atom stereocenters. The van der Waals surface area contributed by atoms with E-state index in [0.29, 0.717) is 24.5 Å². The second-order valence-electron chi connectivity index (χ2n) is 5.12. The molecule has 0 spiro atoms. The summed E-state index contributed by atoms with van der Waals surface area (Å²) in [4.78, 5) is 23.2. The topological polar surface area (TPSA) is 73.9 Å². The van der Waals surface area contributed by atoms with Gasteiger partial charge in [0.25, 0.3) is 0 Å². The van der Waals surface area contributed by atoms with Crippen LogP contribution in [0.3, 0.4) is 0 Å². The number of unbranched alkanes of at least 4 members (excludes halogenated alkanes) is 1. The number of ether oxygens (including phenoxy) is 3. The van der Waals surface area contributed by atoms with E-state index in [4.69, 9.17) is 14.2 Å². The summed E-state index contributed by atoms with van der Waals surface area (Å²) in [7, 11) is 1.51. The molecule has 0 radical (unpaired) electrons. The SMILES string of the molecule is C=CCc1ccc(OC(=O)CCNC(=O)OCCCC)c(OC)c1. The Bertz CT molecular complexity index is 556. The van der Waals surface area contributed by atoms with Crippen LogP contribution in [0.4, 0.5) is 4.79 Å². The van der Waals surface area contributed by atoms with E-state index in [-0.39, 0.29) is 13.0 Å². The molecule has 1 amide bonds. The molecule has 0 aliphatic carbocycles. The monoisotopic (exact) mass is 335 g/mol. The number of benzene rings is 1. The van der Waals surface area contributed by atoms with Crippen LogP contribution >= 0.6 is 0 Å². The van der Waals surface area contributed by atoms with E-state index in [9.17, 15) is 9.59 Å². The van der Waals surface area contributed by atoms with Crippen molar-refractivity contribution in [1.29, 1.82) is 0 Å². The summed E-state index contributed by atoms with van der Waals surface area (Å²) in [6.45, 7) is 6.22. The fraction of sp³-hybridized carbons (Fsp3) is 0.444. The van der Waals surface area contributed by atoms with Gasteiger partial charge in [0, 0.05) is 6.54 Å². The maximum Gasteiger partial charge on any atom is 0.407 e. The smallest absolute Gasteiger partial charge is 0.407 e. The Morgan fingerprint density at radius 2 is 2.08 bits per heavy atom. The summed E-state index contributed by atoms with van der Waals surface area (Å²) >= 11 is 0. The van der Waals surface area contributed by atoms with Crippen molar-refractivity contribution in [3.05, 3.63) is 36.4 Å². The van der Waals surface area contributed by atoms with Gasteiger partial charge in [0.15, 0.2) is 11.5 Å². The highest BCUT2D eigenvalue weighted by Crippen LogP contribution is 2.28. The van der Waals surface area contributed by atoms with Crippen molar-refractivity contribution in [1.82, 2.24) is 5.32 Å². The summed E-state index contributed by atoms with van der Waals surface area (Å²) < 4.78 is 15.4. The second kappa shape index (κ2) is 11.1. The largest absolute Gasteiger partial charge is 0.493 e. The lowest BCUT2D eigenvalue weighted by Crippen LogP contribution is -2.28. The number of hydrogen-bond acceptors (Lipinski definition) is 5. The summed E-state index contributed by atoms with van der Waals surface area (Å²) in [6.07, 6.45) is 3.77. The minimum Gasteiger partial charge on any atom is -0.493 e. The fourth-order valence-corrected chi connectivity index (χ4v) is 1.89. The van der Waals surface area contributed by atoms with Crippen molar-refractivity contribution in [2.24, 2.45) is 0 Å². The second-order valence-corrected chi connectivity index (χ2v) is 5.12. The first-order valence-corrected chi connectivity index (χ1v) is 7.99. The molecule has 0 heterocycles. The highest BCUT2D eigenvalue weighted by atomic mass is 16.6. The zero-order chi connectivity index (χ0) is 17.8. The molecule has 0 aliphatic rings. The van der Waals surface area contributed by atoms with E-state index >= 15 is 0 Å². The molecule has 0 unspecified atom stereocenters. The Morgan fingerprint density at radius 1 is 1.29 bits per heavy atom. The number of hydrogen-bond donors (Lipinski definition) is 1. The van der Waals surface area contributed by atoms with E-state index in [1.165, 1.54) is 7.11 Å². The first kappa shape index (κ1) is 19.5. The Kier molecular flexibility index (Phi) is 9.04. The van der Waals surface area contributed by atoms with Crippen LogP contribution in [-0.2, 0) is 16.0 Å². The van der Waals surface area contributed by atoms with Gasteiger partial charge in [-0.25, -0.2) is 4.79 Å². The average molecular weight is 335 g/mol. The van der Waals surface area contributed by atoms with Gasteiger partial charge in [-0.15, -0.1) is 6.58 Å². The van der Waals surface area contributed by atoms with Crippen LogP contribution in [0.1, 0.15) is 31.7 Å². The number of amides is 1. The molecule has 0 aliphatic heterocycles. The van der Waals surface area contributed by atoms with Gasteiger partial charge < -0.3 is 19.5 Å². The Labute approximate surface area is 142 Å². The molecule has 1 N–H and O–H groups in total. The minimum atomic E-state index is -0.525. The third-order valence-electron chi connectivity index (χ3n) is 3.16. The molecule has 0 fully saturated rings. The van der Waals surface area contributed by atoms with Gasteiger partial charge in [-0.2, -0.15) is 0 Å². The lowest BCUT2D eigenvalue weighted by atomic mass is 10.1. The highest BCUT2D eigenvalue weighted by Gasteiger charge is 2.11. The first-order chi connectivity index (χ1) is 11.6. The molecule has 24 heavy (non-hydrogen) atoms. The van der Waals surface area contributed by atoms with Crippen LogP contribution in [0.15, 0.2) is 30.9 Å². The average Bonchev–Trinajstić information content (AvgIpc) is 2.56. The van der Waals surface area contributed by atoms with Crippen molar-refractivity contribution < 1.29 is 23.8 Å². The van der Waals surface area contributed by atoms with Gasteiger partial charge in [-0.3, -0.25) is 4.79 Å². The lowest BCUT2D eigenvalue weighted by molar-refractivity contribution is -0.134. The standard InChI is InChI=1S/C18H25NO5/c1-4-6-12-23-18(21)19-11-10-17(20)24-15-9-8-14(7-5-2)13-16(15)22-3/h5,8-9,13H,2,4,6-7,10-12H2,1,3H3,(H,19,21). The van der Waals surface area contributed by atoms with Crippen LogP contribution < -0.4 is 14.8 Å². The van der Waals surface area contributed by atoms with Crippen molar-refractivity contribution in [3.8, 4) is 11.5 Å². The number of rotatable bonds is 10. The summed E-state index contributed by atoms with van der Waals surface area (Å²) in [5, 5.41) is 2.51. The Hall–Kier alpha value is -2.50. The van der Waals surface area contributed by atoms with Gasteiger partial charge >= 0.3 is 12.1 Å². The van der Waals surface area contributed by atoms with E-state index in [1.54, 1.807) is 18.2 Å². The van der Waals surface area contributed by atoms with E-state index in [0.717, 1.165) is 18.4 Å². The van der Waals surface area contributed by atoms with Gasteiger partial charge in [-0.05, 0) is 30.5 Å². The fourth-order valence-electron chi connectivity index (χ4n) is 1.89. The van der Waals surface area contributed by atoms with E-state index < -0.39 is 12.1 Å². The molecule has 132 valence electrons. The summed E-state index contributed by atoms with van der Waals surface area (Å²) in [5.41, 5.74) is 1.01. The molecule has 6 nitrogen and oxygen atoms in total. The van der Waals surface area contributed by atoms with Crippen LogP contribution in [0, 0.1) is 0 Å². The molecule has 1 aromatic carbocycles. The Balaban J connectivity index is 2.42. The predicted octanol–water partition coefficient (Wildman–Crippen LogP) is 3.25. The number of nitrogens with one attached hydrogen (secondary N) is 1. The van der Waals surface area contributed by atoms with Crippen LogP contribution in [0.5, 0.6) is 11.5 Å². The molecule has 0 saturated carbocycles. The number of alkyl carbamates (subject to hydrolysis) is 1. The normalized spacial score (nSPS) is 9.92. The van der Waals surface area contributed by atoms with Crippen LogP contribution in [-0.4, -0.2) is 32.3 Å². The number of allylic oxidation sites excluding steroid dienone is 1. The quantitative estimate of drug-likeness (QED) is 0.307. The van der Waals surface area contributed by atoms with Crippen molar-refractivity contribution >= 4 is 12.1 Å².